The van der Waals surface area contributed by atoms with Crippen LogP contribution >= 0.6 is 0 Å². The molecule has 0 aromatic heterocycles. The van der Waals surface area contributed by atoms with E-state index in [0.717, 1.165) is 0 Å². The van der Waals surface area contributed by atoms with Crippen LogP contribution in [0, 0.1) is 17.2 Å². The number of nitrogens with zero attached hydrogens (tertiary/aromatic N) is 1. The molecule has 0 heterocycles. The average Bonchev–Trinajstić information content (AvgIpc) is 2.50. The number of para-hydroxylation sites is 2. The number of rotatable bonds is 7. The van der Waals surface area contributed by atoms with E-state index in [-0.39, 0.29) is 23.9 Å². The summed E-state index contributed by atoms with van der Waals surface area (Å²) in [6, 6.07) is 8.06. The van der Waals surface area contributed by atoms with Gasteiger partial charge in [0, 0.05) is 0 Å². The van der Waals surface area contributed by atoms with Gasteiger partial charge in [0.25, 0.3) is 0 Å². The molecule has 1 unspecified atom stereocenters. The molecule has 1 amide bonds. The summed E-state index contributed by atoms with van der Waals surface area (Å²) in [4.78, 5) is 12.0. The fraction of sp³-hybridized carbons (Fsp3) is 0.500. The second-order valence-electron chi connectivity index (χ2n) is 5.77. The number of ether oxygens (including phenoxy) is 1. The molecule has 2 N–H and O–H groups in total. The lowest BCUT2D eigenvalue weighted by molar-refractivity contribution is -0.153. The molecule has 0 saturated heterocycles. The van der Waals surface area contributed by atoms with Crippen LogP contribution in [0.5, 0.6) is 5.75 Å². The third-order valence-electron chi connectivity index (χ3n) is 3.50. The van der Waals surface area contributed by atoms with Gasteiger partial charge in [-0.3, -0.25) is 4.79 Å². The molecule has 0 spiro atoms. The third kappa shape index (κ3) is 5.99. The topological polar surface area (TPSA) is 74.2 Å². The minimum Gasteiger partial charge on any atom is -0.482 e. The Morgan fingerprint density at radius 2 is 1.96 bits per heavy atom. The average molecular weight is 343 g/mol. The Morgan fingerprint density at radius 1 is 1.33 bits per heavy atom. The largest absolute Gasteiger partial charge is 0.482 e. The summed E-state index contributed by atoms with van der Waals surface area (Å²) in [5.74, 6) is -0.554. The Balaban J connectivity index is 2.68. The van der Waals surface area contributed by atoms with Gasteiger partial charge >= 0.3 is 6.18 Å². The number of halogens is 3. The van der Waals surface area contributed by atoms with Crippen molar-refractivity contribution < 1.29 is 22.7 Å². The molecule has 0 aliphatic heterocycles. The number of benzene rings is 1. The van der Waals surface area contributed by atoms with Crippen molar-refractivity contribution in [1.82, 2.24) is 5.32 Å². The van der Waals surface area contributed by atoms with Crippen molar-refractivity contribution in [2.75, 3.05) is 18.5 Å². The van der Waals surface area contributed by atoms with Crippen LogP contribution in [0.2, 0.25) is 0 Å². The lowest BCUT2D eigenvalue weighted by Crippen LogP contribution is -2.50. The van der Waals surface area contributed by atoms with E-state index in [9.17, 15) is 18.0 Å². The minimum absolute atomic E-state index is 0.00507. The molecule has 0 aliphatic carbocycles. The maximum atomic E-state index is 12.2. The maximum absolute atomic E-state index is 12.2. The van der Waals surface area contributed by atoms with Crippen molar-refractivity contribution in [2.24, 2.45) is 5.92 Å². The van der Waals surface area contributed by atoms with Crippen LogP contribution in [-0.2, 0) is 4.79 Å². The first-order chi connectivity index (χ1) is 11.1. The smallest absolute Gasteiger partial charge is 0.422 e. The van der Waals surface area contributed by atoms with Crippen LogP contribution in [0.4, 0.5) is 18.9 Å². The summed E-state index contributed by atoms with van der Waals surface area (Å²) in [6.07, 6.45) is -4.45. The molecule has 1 aromatic rings. The molecule has 0 bridgehead atoms. The van der Waals surface area contributed by atoms with Crippen molar-refractivity contribution in [2.45, 2.75) is 32.5 Å². The summed E-state index contributed by atoms with van der Waals surface area (Å²) in [5, 5.41) is 14.5. The van der Waals surface area contributed by atoms with Gasteiger partial charge in [0.15, 0.2) is 6.61 Å². The van der Waals surface area contributed by atoms with Gasteiger partial charge in [0.05, 0.1) is 18.3 Å². The van der Waals surface area contributed by atoms with Crippen LogP contribution in [0.15, 0.2) is 24.3 Å². The van der Waals surface area contributed by atoms with Crippen molar-refractivity contribution >= 4 is 11.6 Å². The first kappa shape index (κ1) is 19.6. The molecule has 0 radical (unpaired) electrons. The number of carbonyl (C=O) groups is 1. The molecular formula is C16H20F3N3O2. The second kappa shape index (κ2) is 7.90. The first-order valence-electron chi connectivity index (χ1n) is 7.32. The van der Waals surface area contributed by atoms with Gasteiger partial charge in [-0.05, 0) is 25.0 Å². The lowest BCUT2D eigenvalue weighted by Gasteiger charge is -2.27. The maximum Gasteiger partial charge on any atom is 0.422 e. The molecule has 5 nitrogen and oxygen atoms in total. The fourth-order valence-electron chi connectivity index (χ4n) is 1.71. The highest BCUT2D eigenvalue weighted by molar-refractivity contribution is 5.82. The molecule has 0 aliphatic rings. The Bertz CT molecular complexity index is 611. The Morgan fingerprint density at radius 3 is 2.50 bits per heavy atom. The summed E-state index contributed by atoms with van der Waals surface area (Å²) in [6.45, 7) is 3.60. The number of alkyl halides is 3. The number of nitriles is 1. The first-order valence-corrected chi connectivity index (χ1v) is 7.32. The Kier molecular flexibility index (Phi) is 6.46. The van der Waals surface area contributed by atoms with E-state index in [4.69, 9.17) is 10.00 Å². The fourth-order valence-corrected chi connectivity index (χ4v) is 1.71. The summed E-state index contributed by atoms with van der Waals surface area (Å²) in [5.41, 5.74) is -0.759. The molecular weight excluding hydrogens is 323 g/mol. The van der Waals surface area contributed by atoms with E-state index in [1.54, 1.807) is 26.8 Å². The monoisotopic (exact) mass is 343 g/mol. The third-order valence-corrected chi connectivity index (χ3v) is 3.50. The van der Waals surface area contributed by atoms with E-state index in [0.29, 0.717) is 0 Å². The van der Waals surface area contributed by atoms with E-state index in [1.807, 2.05) is 6.07 Å². The molecule has 132 valence electrons. The summed E-state index contributed by atoms with van der Waals surface area (Å²) < 4.78 is 41.5. The number of carbonyl (C=O) groups excluding carboxylic acids is 1. The van der Waals surface area contributed by atoms with Gasteiger partial charge in [-0.15, -0.1) is 0 Å². The molecule has 1 rings (SSSR count). The van der Waals surface area contributed by atoms with Crippen LogP contribution in [0.25, 0.3) is 0 Å². The van der Waals surface area contributed by atoms with Gasteiger partial charge in [-0.1, -0.05) is 26.0 Å². The number of nitrogens with one attached hydrogen (secondary N) is 2. The van der Waals surface area contributed by atoms with Gasteiger partial charge in [-0.25, -0.2) is 0 Å². The van der Waals surface area contributed by atoms with E-state index in [2.05, 4.69) is 10.6 Å². The van der Waals surface area contributed by atoms with Gasteiger partial charge < -0.3 is 15.4 Å². The molecule has 0 saturated carbocycles. The summed E-state index contributed by atoms with van der Waals surface area (Å²) in [7, 11) is 0. The highest BCUT2D eigenvalue weighted by Gasteiger charge is 2.30. The lowest BCUT2D eigenvalue weighted by atomic mass is 9.90. The van der Waals surface area contributed by atoms with Gasteiger partial charge in [0.2, 0.25) is 5.91 Å². The van der Waals surface area contributed by atoms with E-state index >= 15 is 0 Å². The predicted molar refractivity (Wildman–Crippen MR) is 83.5 cm³/mol. The number of hydrogen-bond acceptors (Lipinski definition) is 4. The van der Waals surface area contributed by atoms with Crippen LogP contribution in [-0.4, -0.2) is 30.8 Å². The number of hydrogen-bond donors (Lipinski definition) is 2. The second-order valence-corrected chi connectivity index (χ2v) is 5.77. The summed E-state index contributed by atoms with van der Waals surface area (Å²) >= 11 is 0. The number of anilines is 1. The SMILES string of the molecule is CC(C)C(C)(C#N)NC(=O)CNc1ccccc1OCC(F)(F)F. The molecule has 8 heteroatoms. The van der Waals surface area contributed by atoms with Gasteiger partial charge in [0.1, 0.15) is 11.3 Å². The Hall–Kier alpha value is -2.43. The van der Waals surface area contributed by atoms with Crippen LogP contribution in [0.1, 0.15) is 20.8 Å². The zero-order valence-corrected chi connectivity index (χ0v) is 13.7. The van der Waals surface area contributed by atoms with Crippen molar-refractivity contribution in [3.63, 3.8) is 0 Å². The molecule has 0 fully saturated rings. The highest BCUT2D eigenvalue weighted by Crippen LogP contribution is 2.26. The zero-order chi connectivity index (χ0) is 18.4. The minimum atomic E-state index is -4.45. The van der Waals surface area contributed by atoms with Crippen LogP contribution in [0.3, 0.4) is 0 Å². The van der Waals surface area contributed by atoms with Crippen molar-refractivity contribution in [3.8, 4) is 11.8 Å². The normalized spacial score (nSPS) is 13.8. The standard InChI is InChI=1S/C16H20F3N3O2/c1-11(2)15(3,9-20)22-14(23)8-21-12-6-4-5-7-13(12)24-10-16(17,18)19/h4-7,11,21H,8,10H2,1-3H3,(H,22,23). The quantitative estimate of drug-likeness (QED) is 0.798. The van der Waals surface area contributed by atoms with Crippen molar-refractivity contribution in [3.05, 3.63) is 24.3 Å². The van der Waals surface area contributed by atoms with E-state index in [1.165, 1.54) is 18.2 Å². The predicted octanol–water partition coefficient (Wildman–Crippen LogP) is 3.09. The number of amides is 1. The zero-order valence-electron chi connectivity index (χ0n) is 13.7. The van der Waals surface area contributed by atoms with E-state index < -0.39 is 24.2 Å². The van der Waals surface area contributed by atoms with Crippen molar-refractivity contribution in [1.29, 1.82) is 5.26 Å². The Labute approximate surface area is 138 Å². The van der Waals surface area contributed by atoms with Crippen LogP contribution < -0.4 is 15.4 Å². The highest BCUT2D eigenvalue weighted by atomic mass is 19.4. The molecule has 24 heavy (non-hydrogen) atoms. The molecule has 1 aromatic carbocycles. The van der Waals surface area contributed by atoms with Gasteiger partial charge in [-0.2, -0.15) is 18.4 Å². The molecule has 1 atom stereocenters.